The van der Waals surface area contributed by atoms with Gasteiger partial charge >= 0.3 is 5.97 Å². The van der Waals surface area contributed by atoms with Crippen molar-refractivity contribution in [1.29, 1.82) is 0 Å². The van der Waals surface area contributed by atoms with Crippen molar-refractivity contribution in [2.45, 2.75) is 44.6 Å². The van der Waals surface area contributed by atoms with Gasteiger partial charge in [-0.3, -0.25) is 9.59 Å². The van der Waals surface area contributed by atoms with Crippen LogP contribution in [0.25, 0.3) is 10.8 Å². The molecule has 0 atom stereocenters. The average Bonchev–Trinajstić information content (AvgIpc) is 3.06. The molecule has 0 aliphatic heterocycles. The number of hydrogen-bond donors (Lipinski definition) is 2. The summed E-state index contributed by atoms with van der Waals surface area (Å²) in [7, 11) is 0. The third kappa shape index (κ3) is 3.44. The molecule has 0 radical (unpaired) electrons. The Bertz CT molecular complexity index is 717. The van der Waals surface area contributed by atoms with Crippen molar-refractivity contribution in [3.63, 3.8) is 0 Å². The molecule has 122 valence electrons. The van der Waals surface area contributed by atoms with Crippen LogP contribution in [-0.2, 0) is 16.0 Å². The van der Waals surface area contributed by atoms with Crippen LogP contribution >= 0.6 is 11.3 Å². The van der Waals surface area contributed by atoms with Crippen molar-refractivity contribution in [2.75, 3.05) is 0 Å². The average molecular weight is 334 g/mol. The molecule has 6 nitrogen and oxygen atoms in total. The SMILES string of the molecule is Cc1oc(-c2cccs2)nc1CC(=O)NC1(CC(=O)O)CCC1. The molecule has 2 aromatic rings. The van der Waals surface area contributed by atoms with Gasteiger partial charge in [0.25, 0.3) is 0 Å². The van der Waals surface area contributed by atoms with Gasteiger partial charge in [-0.1, -0.05) is 6.07 Å². The lowest BCUT2D eigenvalue weighted by molar-refractivity contribution is -0.140. The van der Waals surface area contributed by atoms with Gasteiger partial charge in [-0.15, -0.1) is 11.3 Å². The molecule has 23 heavy (non-hydrogen) atoms. The fourth-order valence-electron chi connectivity index (χ4n) is 2.83. The Hall–Kier alpha value is -2.15. The van der Waals surface area contributed by atoms with Gasteiger partial charge in [0, 0.05) is 0 Å². The summed E-state index contributed by atoms with van der Waals surface area (Å²) in [5.41, 5.74) is 0.00707. The largest absolute Gasteiger partial charge is 0.481 e. The van der Waals surface area contributed by atoms with Crippen LogP contribution in [-0.4, -0.2) is 27.5 Å². The van der Waals surface area contributed by atoms with E-state index < -0.39 is 11.5 Å². The van der Waals surface area contributed by atoms with Crippen molar-refractivity contribution in [3.8, 4) is 10.8 Å². The molecular weight excluding hydrogens is 316 g/mol. The maximum atomic E-state index is 12.3. The molecule has 1 saturated carbocycles. The lowest BCUT2D eigenvalue weighted by atomic mass is 9.74. The molecule has 0 saturated heterocycles. The maximum Gasteiger partial charge on any atom is 0.305 e. The second kappa shape index (κ2) is 6.16. The molecule has 2 aromatic heterocycles. The number of oxazole rings is 1. The number of carboxylic acids is 1. The summed E-state index contributed by atoms with van der Waals surface area (Å²) < 4.78 is 5.62. The van der Waals surface area contributed by atoms with Gasteiger partial charge in [-0.25, -0.2) is 4.98 Å². The van der Waals surface area contributed by atoms with E-state index in [1.54, 1.807) is 6.92 Å². The van der Waals surface area contributed by atoms with Crippen molar-refractivity contribution in [3.05, 3.63) is 29.0 Å². The number of thiophene rings is 1. The number of hydrogen-bond acceptors (Lipinski definition) is 5. The molecule has 1 aliphatic carbocycles. The van der Waals surface area contributed by atoms with Crippen LogP contribution in [0.5, 0.6) is 0 Å². The first-order chi connectivity index (χ1) is 11.0. The Morgan fingerprint density at radius 3 is 2.83 bits per heavy atom. The standard InChI is InChI=1S/C16H18N2O4S/c1-10-11(17-15(22-10)12-4-2-7-23-12)8-13(19)18-16(5-3-6-16)9-14(20)21/h2,4,7H,3,5-6,8-9H2,1H3,(H,18,19)(H,20,21). The second-order valence-electron chi connectivity index (χ2n) is 5.93. The molecule has 1 fully saturated rings. The smallest absolute Gasteiger partial charge is 0.305 e. The molecule has 2 N–H and O–H groups in total. The highest BCUT2D eigenvalue weighted by atomic mass is 32.1. The Labute approximate surface area is 137 Å². The van der Waals surface area contributed by atoms with Crippen LogP contribution in [0.1, 0.15) is 37.1 Å². The van der Waals surface area contributed by atoms with E-state index in [1.807, 2.05) is 17.5 Å². The third-order valence-electron chi connectivity index (χ3n) is 4.16. The highest BCUT2D eigenvalue weighted by molar-refractivity contribution is 7.13. The molecule has 0 unspecified atom stereocenters. The first kappa shape index (κ1) is 15.7. The number of rotatable bonds is 6. The van der Waals surface area contributed by atoms with E-state index in [4.69, 9.17) is 9.52 Å². The lowest BCUT2D eigenvalue weighted by Crippen LogP contribution is -2.55. The second-order valence-corrected chi connectivity index (χ2v) is 6.88. The van der Waals surface area contributed by atoms with Gasteiger partial charge in [0.2, 0.25) is 11.8 Å². The number of carbonyl (C=O) groups excluding carboxylic acids is 1. The number of carbonyl (C=O) groups is 2. The summed E-state index contributed by atoms with van der Waals surface area (Å²) in [6.45, 7) is 1.78. The molecule has 7 heteroatoms. The summed E-state index contributed by atoms with van der Waals surface area (Å²) in [5, 5.41) is 13.8. The number of nitrogens with one attached hydrogen (secondary N) is 1. The van der Waals surface area contributed by atoms with Crippen molar-refractivity contribution >= 4 is 23.2 Å². The monoisotopic (exact) mass is 334 g/mol. The van der Waals surface area contributed by atoms with Crippen LogP contribution < -0.4 is 5.32 Å². The van der Waals surface area contributed by atoms with Gasteiger partial charge < -0.3 is 14.8 Å². The Morgan fingerprint density at radius 1 is 1.48 bits per heavy atom. The predicted octanol–water partition coefficient (Wildman–Crippen LogP) is 2.77. The minimum atomic E-state index is -0.886. The molecule has 1 aliphatic rings. The van der Waals surface area contributed by atoms with Crippen LogP contribution in [0, 0.1) is 6.92 Å². The number of nitrogens with zero attached hydrogens (tertiary/aromatic N) is 1. The highest BCUT2D eigenvalue weighted by Crippen LogP contribution is 2.35. The quantitative estimate of drug-likeness (QED) is 0.847. The molecule has 3 rings (SSSR count). The van der Waals surface area contributed by atoms with E-state index in [0.717, 1.165) is 11.3 Å². The number of aliphatic carboxylic acids is 1. The van der Waals surface area contributed by atoms with Crippen LogP contribution in [0.4, 0.5) is 0 Å². The molecule has 2 heterocycles. The highest BCUT2D eigenvalue weighted by Gasteiger charge is 2.40. The first-order valence-electron chi connectivity index (χ1n) is 7.50. The van der Waals surface area contributed by atoms with E-state index in [0.29, 0.717) is 30.2 Å². The fraction of sp³-hybridized carbons (Fsp3) is 0.438. The van der Waals surface area contributed by atoms with Crippen molar-refractivity contribution < 1.29 is 19.1 Å². The topological polar surface area (TPSA) is 92.4 Å². The van der Waals surface area contributed by atoms with Crippen LogP contribution in [0.15, 0.2) is 21.9 Å². The summed E-state index contributed by atoms with van der Waals surface area (Å²) in [6, 6.07) is 3.83. The summed E-state index contributed by atoms with van der Waals surface area (Å²) in [5.74, 6) is 0.0383. The maximum absolute atomic E-state index is 12.3. The summed E-state index contributed by atoms with van der Waals surface area (Å²) in [6.07, 6.45) is 2.44. The van der Waals surface area contributed by atoms with Gasteiger partial charge in [-0.2, -0.15) is 0 Å². The Balaban J connectivity index is 1.67. The van der Waals surface area contributed by atoms with Gasteiger partial charge in [0.05, 0.1) is 29.0 Å². The minimum Gasteiger partial charge on any atom is -0.481 e. The van der Waals surface area contributed by atoms with Crippen LogP contribution in [0.2, 0.25) is 0 Å². The van der Waals surface area contributed by atoms with E-state index in [2.05, 4.69) is 10.3 Å². The van der Waals surface area contributed by atoms with Crippen molar-refractivity contribution in [1.82, 2.24) is 10.3 Å². The number of amides is 1. The molecular formula is C16H18N2O4S. The molecule has 1 amide bonds. The van der Waals surface area contributed by atoms with E-state index in [1.165, 1.54) is 11.3 Å². The first-order valence-corrected chi connectivity index (χ1v) is 8.38. The molecule has 0 bridgehead atoms. The van der Waals surface area contributed by atoms with Gasteiger partial charge in [0.15, 0.2) is 0 Å². The summed E-state index contributed by atoms with van der Waals surface area (Å²) >= 11 is 1.52. The number of aromatic nitrogens is 1. The Kier molecular flexibility index (Phi) is 4.21. The lowest BCUT2D eigenvalue weighted by Gasteiger charge is -2.41. The van der Waals surface area contributed by atoms with E-state index >= 15 is 0 Å². The normalized spacial score (nSPS) is 15.9. The van der Waals surface area contributed by atoms with E-state index in [-0.39, 0.29) is 18.7 Å². The molecule has 0 spiro atoms. The van der Waals surface area contributed by atoms with Crippen molar-refractivity contribution in [2.24, 2.45) is 0 Å². The predicted molar refractivity (Wildman–Crippen MR) is 85.2 cm³/mol. The zero-order valence-electron chi connectivity index (χ0n) is 12.8. The van der Waals surface area contributed by atoms with Gasteiger partial charge in [0.1, 0.15) is 5.76 Å². The van der Waals surface area contributed by atoms with Crippen LogP contribution in [0.3, 0.4) is 0 Å². The summed E-state index contributed by atoms with van der Waals surface area (Å²) in [4.78, 5) is 28.5. The zero-order valence-corrected chi connectivity index (χ0v) is 13.6. The molecule has 0 aromatic carbocycles. The van der Waals surface area contributed by atoms with Gasteiger partial charge in [-0.05, 0) is 37.6 Å². The van der Waals surface area contributed by atoms with E-state index in [9.17, 15) is 9.59 Å². The number of aryl methyl sites for hydroxylation is 1. The zero-order chi connectivity index (χ0) is 16.4. The number of carboxylic acid groups (broad SMARTS) is 1. The third-order valence-corrected chi connectivity index (χ3v) is 5.02. The minimum absolute atomic E-state index is 0.0308. The Morgan fingerprint density at radius 2 is 2.26 bits per heavy atom. The fourth-order valence-corrected chi connectivity index (χ4v) is 3.48.